The van der Waals surface area contributed by atoms with Crippen LogP contribution in [0.5, 0.6) is 11.6 Å². The quantitative estimate of drug-likeness (QED) is 0.664. The molecule has 7 nitrogen and oxygen atoms in total. The first-order chi connectivity index (χ1) is 14.2. The first-order valence-electron chi connectivity index (χ1n) is 8.58. The van der Waals surface area contributed by atoms with E-state index >= 15 is 0 Å². The van der Waals surface area contributed by atoms with Crippen LogP contribution < -0.4 is 20.5 Å². The number of hydrogen-bond donors (Lipinski definition) is 2. The van der Waals surface area contributed by atoms with Crippen LogP contribution in [-0.2, 0) is 0 Å². The van der Waals surface area contributed by atoms with Gasteiger partial charge in [0.15, 0.2) is 5.67 Å². The Morgan fingerprint density at radius 1 is 1.33 bits per heavy atom. The minimum atomic E-state index is -2.20. The van der Waals surface area contributed by atoms with E-state index in [1.54, 1.807) is 30.3 Å². The third kappa shape index (κ3) is 4.60. The molecule has 0 saturated carbocycles. The van der Waals surface area contributed by atoms with Gasteiger partial charge in [-0.2, -0.15) is 4.37 Å². The van der Waals surface area contributed by atoms with E-state index in [1.165, 1.54) is 0 Å². The lowest BCUT2D eigenvalue weighted by Crippen LogP contribution is -2.37. The van der Waals surface area contributed by atoms with E-state index in [0.717, 1.165) is 19.1 Å². The number of amides is 2. The maximum absolute atomic E-state index is 14.8. The van der Waals surface area contributed by atoms with E-state index in [-0.39, 0.29) is 27.2 Å². The molecule has 11 heteroatoms. The Morgan fingerprint density at radius 2 is 2.03 bits per heavy atom. The number of carbonyl (C=O) groups excluding carboxylic acids is 2. The molecule has 158 valence electrons. The zero-order chi connectivity index (χ0) is 21.9. The van der Waals surface area contributed by atoms with Crippen molar-refractivity contribution in [3.8, 4) is 11.6 Å². The van der Waals surface area contributed by atoms with E-state index in [2.05, 4.69) is 9.69 Å². The van der Waals surface area contributed by atoms with Crippen molar-refractivity contribution in [1.82, 2.24) is 4.37 Å². The molecule has 2 amide bonds. The first kappa shape index (κ1) is 21.7. The van der Waals surface area contributed by atoms with Crippen molar-refractivity contribution in [2.45, 2.75) is 12.6 Å². The zero-order valence-corrected chi connectivity index (χ0v) is 17.1. The first-order valence-corrected chi connectivity index (χ1v) is 9.73. The minimum absolute atomic E-state index is 0.0287. The van der Waals surface area contributed by atoms with Crippen LogP contribution in [0.3, 0.4) is 0 Å². The Kier molecular flexibility index (Phi) is 6.37. The molecule has 3 N–H and O–H groups in total. The highest BCUT2D eigenvalue weighted by atomic mass is 35.5. The fraction of sp³-hybridized carbons (Fsp3) is 0.211. The molecule has 2 unspecified atom stereocenters. The Labute approximate surface area is 179 Å². The number of ether oxygens (including phenoxy) is 2. The summed E-state index contributed by atoms with van der Waals surface area (Å²) in [7, 11) is 0. The van der Waals surface area contributed by atoms with E-state index in [1.807, 2.05) is 0 Å². The zero-order valence-electron chi connectivity index (χ0n) is 15.5. The average Bonchev–Trinajstić information content (AvgIpc) is 3.08. The van der Waals surface area contributed by atoms with Gasteiger partial charge in [-0.05, 0) is 42.7 Å². The molecule has 0 radical (unpaired) electrons. The minimum Gasteiger partial charge on any atom is -0.476 e. The van der Waals surface area contributed by atoms with Gasteiger partial charge in [0.2, 0.25) is 5.88 Å². The van der Waals surface area contributed by atoms with Crippen LogP contribution >= 0.6 is 23.1 Å². The molecule has 2 atom stereocenters. The Balaban J connectivity index is 1.73. The molecule has 1 aromatic heterocycles. The van der Waals surface area contributed by atoms with Crippen molar-refractivity contribution in [3.63, 3.8) is 0 Å². The second-order valence-electron chi connectivity index (χ2n) is 6.39. The van der Waals surface area contributed by atoms with E-state index in [0.29, 0.717) is 11.5 Å². The summed E-state index contributed by atoms with van der Waals surface area (Å²) < 4.78 is 43.3. The van der Waals surface area contributed by atoms with E-state index < -0.39 is 36.0 Å². The lowest BCUT2D eigenvalue weighted by atomic mass is 9.86. The molecule has 0 spiro atoms. The highest BCUT2D eigenvalue weighted by Crippen LogP contribution is 2.41. The van der Waals surface area contributed by atoms with Gasteiger partial charge in [0.05, 0.1) is 11.0 Å². The van der Waals surface area contributed by atoms with Crippen molar-refractivity contribution in [1.29, 1.82) is 0 Å². The van der Waals surface area contributed by atoms with Crippen LogP contribution in [0.4, 0.5) is 18.6 Å². The summed E-state index contributed by atoms with van der Waals surface area (Å²) in [5.41, 5.74) is 2.92. The smallest absolute Gasteiger partial charge is 0.417 e. The fourth-order valence-corrected chi connectivity index (χ4v) is 3.57. The topological polar surface area (TPSA) is 104 Å². The number of nitrogens with two attached hydrogens (primary N) is 1. The lowest BCUT2D eigenvalue weighted by molar-refractivity contribution is 0.0974. The molecule has 2 aromatic rings. The summed E-state index contributed by atoms with van der Waals surface area (Å²) in [5.74, 6) is -3.06. The van der Waals surface area contributed by atoms with Crippen LogP contribution in [0.15, 0.2) is 53.3 Å². The van der Waals surface area contributed by atoms with Gasteiger partial charge in [-0.1, -0.05) is 29.8 Å². The monoisotopic (exact) mass is 455 g/mol. The van der Waals surface area contributed by atoms with Crippen molar-refractivity contribution in [2.75, 3.05) is 11.9 Å². The van der Waals surface area contributed by atoms with Crippen LogP contribution in [0.1, 0.15) is 17.3 Å². The molecular formula is C19H16ClF2N3O4S. The molecule has 1 aliphatic carbocycles. The molecular weight excluding hydrogens is 440 g/mol. The number of nitrogens with one attached hydrogen (secondary N) is 1. The average molecular weight is 456 g/mol. The second kappa shape index (κ2) is 8.80. The van der Waals surface area contributed by atoms with Crippen LogP contribution in [-0.4, -0.2) is 28.6 Å². The number of alkyl halides is 1. The Bertz CT molecular complexity index is 1020. The van der Waals surface area contributed by atoms with Crippen molar-refractivity contribution < 1.29 is 27.8 Å². The van der Waals surface area contributed by atoms with Gasteiger partial charge in [-0.15, -0.1) is 0 Å². The SMILES string of the molecule is CC1(F)C(Cl)=CC=C(F)C1COc1nsc(NC(=O)Oc2ccccc2)c1C(N)=O. The van der Waals surface area contributed by atoms with Crippen molar-refractivity contribution in [2.24, 2.45) is 11.7 Å². The maximum atomic E-state index is 14.8. The number of hydrogen-bond acceptors (Lipinski definition) is 6. The number of halogens is 3. The largest absolute Gasteiger partial charge is 0.476 e. The van der Waals surface area contributed by atoms with Crippen LogP contribution in [0.25, 0.3) is 0 Å². The summed E-state index contributed by atoms with van der Waals surface area (Å²) >= 11 is 6.53. The predicted octanol–water partition coefficient (Wildman–Crippen LogP) is 4.57. The number of primary amides is 1. The molecule has 1 heterocycles. The van der Waals surface area contributed by atoms with Crippen LogP contribution in [0, 0.1) is 5.92 Å². The maximum Gasteiger partial charge on any atom is 0.417 e. The van der Waals surface area contributed by atoms with Gasteiger partial charge in [-0.25, -0.2) is 13.6 Å². The Morgan fingerprint density at radius 3 is 2.70 bits per heavy atom. The summed E-state index contributed by atoms with van der Waals surface area (Å²) in [5, 5.41) is 2.14. The van der Waals surface area contributed by atoms with Gasteiger partial charge >= 0.3 is 6.09 Å². The van der Waals surface area contributed by atoms with Gasteiger partial charge in [0.25, 0.3) is 5.91 Å². The van der Waals surface area contributed by atoms with Gasteiger partial charge in [0.1, 0.15) is 28.7 Å². The van der Waals surface area contributed by atoms with Gasteiger partial charge in [0, 0.05) is 0 Å². The second-order valence-corrected chi connectivity index (χ2v) is 7.57. The number of carbonyl (C=O) groups is 2. The summed E-state index contributed by atoms with van der Waals surface area (Å²) in [6.07, 6.45) is 1.29. The number of nitrogens with zero attached hydrogens (tertiary/aromatic N) is 1. The number of anilines is 1. The molecule has 0 aliphatic heterocycles. The fourth-order valence-electron chi connectivity index (χ4n) is 2.65. The number of para-hydroxylation sites is 1. The van der Waals surface area contributed by atoms with Gasteiger partial charge < -0.3 is 15.2 Å². The highest BCUT2D eigenvalue weighted by molar-refractivity contribution is 7.11. The number of aromatic nitrogens is 1. The predicted molar refractivity (Wildman–Crippen MR) is 108 cm³/mol. The molecule has 0 bridgehead atoms. The van der Waals surface area contributed by atoms with Gasteiger partial charge in [-0.3, -0.25) is 10.1 Å². The standard InChI is InChI=1S/C19H16ClF2N3O4S/c1-19(22)11(12(21)7-8-13(19)20)9-28-16-14(15(23)26)17(30-25-16)24-18(27)29-10-5-3-2-4-6-10/h2-8,11H,9H2,1H3,(H2,23,26)(H,24,27). The van der Waals surface area contributed by atoms with Crippen molar-refractivity contribution >= 4 is 40.1 Å². The number of rotatable bonds is 6. The van der Waals surface area contributed by atoms with Crippen molar-refractivity contribution in [3.05, 3.63) is 58.9 Å². The summed E-state index contributed by atoms with van der Waals surface area (Å²) in [6, 6.07) is 8.23. The molecule has 30 heavy (non-hydrogen) atoms. The molecule has 0 fully saturated rings. The normalized spacial score (nSPS) is 20.7. The summed E-state index contributed by atoms with van der Waals surface area (Å²) in [6.45, 7) is 0.617. The van der Waals surface area contributed by atoms with E-state index in [4.69, 9.17) is 26.8 Å². The van der Waals surface area contributed by atoms with E-state index in [9.17, 15) is 18.4 Å². The lowest BCUT2D eigenvalue weighted by Gasteiger charge is -2.31. The molecule has 1 aromatic carbocycles. The summed E-state index contributed by atoms with van der Waals surface area (Å²) in [4.78, 5) is 23.9. The molecule has 0 saturated heterocycles. The number of allylic oxidation sites excluding steroid dienone is 3. The molecule has 3 rings (SSSR count). The number of benzene rings is 1. The highest BCUT2D eigenvalue weighted by Gasteiger charge is 2.43. The third-order valence-corrected chi connectivity index (χ3v) is 5.55. The molecule has 1 aliphatic rings. The Hall–Kier alpha value is -2.98. The third-order valence-electron chi connectivity index (χ3n) is 4.31. The van der Waals surface area contributed by atoms with Crippen LogP contribution in [0.2, 0.25) is 0 Å².